The molecule has 0 saturated heterocycles. The molecule has 7 heteroatoms. The lowest BCUT2D eigenvalue weighted by Gasteiger charge is -2.25. The van der Waals surface area contributed by atoms with Crippen molar-refractivity contribution in [2.75, 3.05) is 13.2 Å². The number of hydrogen-bond donors (Lipinski definition) is 1. The lowest BCUT2D eigenvalue weighted by molar-refractivity contribution is 0.0925. The Balaban J connectivity index is 1.43. The Kier molecular flexibility index (Phi) is 6.59. The number of carbonyl (C=O) groups excluding carboxylic acids is 1. The van der Waals surface area contributed by atoms with Crippen molar-refractivity contribution in [1.29, 1.82) is 0 Å². The molecule has 5 nitrogen and oxygen atoms in total. The zero-order chi connectivity index (χ0) is 20.9. The average Bonchev–Trinajstić information content (AvgIpc) is 3.29. The van der Waals surface area contributed by atoms with Crippen LogP contribution in [0.5, 0.6) is 11.5 Å². The van der Waals surface area contributed by atoms with E-state index in [4.69, 9.17) is 9.47 Å². The van der Waals surface area contributed by atoms with Crippen LogP contribution in [0.1, 0.15) is 41.5 Å². The SMILES string of the molecule is CC(C)C(NC(=O)c1ccc(SCc2cscn2)cc1)c1ccc2c(c1)OCCO2. The highest BCUT2D eigenvalue weighted by molar-refractivity contribution is 7.98. The fourth-order valence-corrected chi connectivity index (χ4v) is 4.75. The molecule has 0 fully saturated rings. The maximum Gasteiger partial charge on any atom is 0.251 e. The summed E-state index contributed by atoms with van der Waals surface area (Å²) in [7, 11) is 0. The first kappa shape index (κ1) is 20.8. The average molecular weight is 441 g/mol. The Labute approximate surface area is 184 Å². The molecule has 0 bridgehead atoms. The van der Waals surface area contributed by atoms with Crippen molar-refractivity contribution in [3.8, 4) is 11.5 Å². The fraction of sp³-hybridized carbons (Fsp3) is 0.304. The molecule has 1 aliphatic rings. The number of ether oxygens (including phenoxy) is 2. The number of hydrogen-bond acceptors (Lipinski definition) is 6. The number of amides is 1. The van der Waals surface area contributed by atoms with Gasteiger partial charge in [-0.15, -0.1) is 23.1 Å². The van der Waals surface area contributed by atoms with E-state index in [1.165, 1.54) is 0 Å². The van der Waals surface area contributed by atoms with Crippen LogP contribution in [-0.4, -0.2) is 24.1 Å². The van der Waals surface area contributed by atoms with E-state index in [9.17, 15) is 4.79 Å². The Morgan fingerprint density at radius 2 is 1.90 bits per heavy atom. The number of aromatic nitrogens is 1. The van der Waals surface area contributed by atoms with Crippen LogP contribution >= 0.6 is 23.1 Å². The van der Waals surface area contributed by atoms with Crippen LogP contribution in [0.3, 0.4) is 0 Å². The number of thiazole rings is 1. The van der Waals surface area contributed by atoms with Gasteiger partial charge in [-0.3, -0.25) is 4.79 Å². The van der Waals surface area contributed by atoms with Gasteiger partial charge in [0.05, 0.1) is 17.2 Å². The molecular formula is C23H24N2O3S2. The highest BCUT2D eigenvalue weighted by Crippen LogP contribution is 2.34. The maximum absolute atomic E-state index is 12.9. The molecule has 4 rings (SSSR count). The van der Waals surface area contributed by atoms with Gasteiger partial charge in [0, 0.05) is 21.6 Å². The highest BCUT2D eigenvalue weighted by atomic mass is 32.2. The summed E-state index contributed by atoms with van der Waals surface area (Å²) in [4.78, 5) is 18.3. The Hall–Kier alpha value is -2.51. The smallest absolute Gasteiger partial charge is 0.251 e. The minimum atomic E-state index is -0.118. The molecule has 1 N–H and O–H groups in total. The minimum Gasteiger partial charge on any atom is -0.486 e. The van der Waals surface area contributed by atoms with E-state index in [2.05, 4.69) is 29.5 Å². The van der Waals surface area contributed by atoms with Crippen LogP contribution in [0.15, 0.2) is 58.3 Å². The number of nitrogens with one attached hydrogen (secondary N) is 1. The van der Waals surface area contributed by atoms with Crippen molar-refractivity contribution < 1.29 is 14.3 Å². The topological polar surface area (TPSA) is 60.5 Å². The molecule has 1 amide bonds. The molecule has 2 aromatic carbocycles. The fourth-order valence-electron chi connectivity index (χ4n) is 3.28. The predicted molar refractivity (Wildman–Crippen MR) is 121 cm³/mol. The molecular weight excluding hydrogens is 416 g/mol. The normalized spacial score (nSPS) is 13.8. The van der Waals surface area contributed by atoms with E-state index in [1.54, 1.807) is 23.1 Å². The second kappa shape index (κ2) is 9.53. The van der Waals surface area contributed by atoms with E-state index < -0.39 is 0 Å². The molecule has 1 unspecified atom stereocenters. The predicted octanol–water partition coefficient (Wildman–Crippen LogP) is 5.33. The standard InChI is InChI=1S/C23H24N2O3S2/c1-15(2)22(17-5-8-20-21(11-17)28-10-9-27-20)25-23(26)16-3-6-19(7-4-16)30-13-18-12-29-14-24-18/h3-8,11-12,14-15,22H,9-10,13H2,1-2H3,(H,25,26). The van der Waals surface area contributed by atoms with Crippen LogP contribution in [0.4, 0.5) is 0 Å². The van der Waals surface area contributed by atoms with Crippen molar-refractivity contribution >= 4 is 29.0 Å². The van der Waals surface area contributed by atoms with Crippen molar-refractivity contribution in [3.63, 3.8) is 0 Å². The van der Waals surface area contributed by atoms with Gasteiger partial charge < -0.3 is 14.8 Å². The summed E-state index contributed by atoms with van der Waals surface area (Å²) in [5.41, 5.74) is 4.58. The van der Waals surface area contributed by atoms with Crippen molar-refractivity contribution in [1.82, 2.24) is 10.3 Å². The monoisotopic (exact) mass is 440 g/mol. The van der Waals surface area contributed by atoms with Gasteiger partial charge in [0.1, 0.15) is 13.2 Å². The van der Waals surface area contributed by atoms with Crippen molar-refractivity contribution in [3.05, 3.63) is 70.2 Å². The summed E-state index contributed by atoms with van der Waals surface area (Å²) < 4.78 is 11.3. The second-order valence-electron chi connectivity index (χ2n) is 7.39. The van der Waals surface area contributed by atoms with Gasteiger partial charge >= 0.3 is 0 Å². The number of carbonyl (C=O) groups is 1. The number of nitrogens with zero attached hydrogens (tertiary/aromatic N) is 1. The summed E-state index contributed by atoms with van der Waals surface area (Å²) in [5, 5.41) is 5.23. The summed E-state index contributed by atoms with van der Waals surface area (Å²) in [6.45, 7) is 5.30. The van der Waals surface area contributed by atoms with Crippen LogP contribution in [0, 0.1) is 5.92 Å². The van der Waals surface area contributed by atoms with Crippen molar-refractivity contribution in [2.45, 2.75) is 30.5 Å². The summed E-state index contributed by atoms with van der Waals surface area (Å²) in [6.07, 6.45) is 0. The Bertz CT molecular complexity index is 988. The lowest BCUT2D eigenvalue weighted by atomic mass is 9.95. The molecule has 3 aromatic rings. The number of fused-ring (bicyclic) bond motifs is 1. The Morgan fingerprint density at radius 3 is 2.60 bits per heavy atom. The molecule has 156 valence electrons. The number of benzene rings is 2. The second-order valence-corrected chi connectivity index (χ2v) is 9.16. The van der Waals surface area contributed by atoms with Crippen molar-refractivity contribution in [2.24, 2.45) is 5.92 Å². The number of rotatable bonds is 7. The quantitative estimate of drug-likeness (QED) is 0.503. The first-order chi connectivity index (χ1) is 14.6. The first-order valence-electron chi connectivity index (χ1n) is 9.90. The minimum absolute atomic E-state index is 0.0837. The third-order valence-electron chi connectivity index (χ3n) is 4.87. The molecule has 0 saturated carbocycles. The summed E-state index contributed by atoms with van der Waals surface area (Å²) >= 11 is 3.32. The zero-order valence-corrected chi connectivity index (χ0v) is 18.6. The van der Waals surface area contributed by atoms with E-state index in [1.807, 2.05) is 48.0 Å². The van der Waals surface area contributed by atoms with E-state index in [0.717, 1.165) is 33.4 Å². The molecule has 0 aliphatic carbocycles. The summed E-state index contributed by atoms with van der Waals surface area (Å²) in [5.74, 6) is 2.46. The van der Waals surface area contributed by atoms with E-state index in [-0.39, 0.29) is 17.9 Å². The van der Waals surface area contributed by atoms with Gasteiger partial charge in [-0.1, -0.05) is 19.9 Å². The third kappa shape index (κ3) is 4.96. The van der Waals surface area contributed by atoms with Gasteiger partial charge in [0.15, 0.2) is 11.5 Å². The van der Waals surface area contributed by atoms with Crippen LogP contribution in [0.2, 0.25) is 0 Å². The van der Waals surface area contributed by atoms with Gasteiger partial charge in [0.2, 0.25) is 0 Å². The zero-order valence-electron chi connectivity index (χ0n) is 17.0. The van der Waals surface area contributed by atoms with Crippen LogP contribution in [-0.2, 0) is 5.75 Å². The molecule has 0 radical (unpaired) electrons. The molecule has 30 heavy (non-hydrogen) atoms. The molecule has 1 aromatic heterocycles. The maximum atomic E-state index is 12.9. The van der Waals surface area contributed by atoms with Gasteiger partial charge in [0.25, 0.3) is 5.91 Å². The van der Waals surface area contributed by atoms with Gasteiger partial charge in [-0.2, -0.15) is 0 Å². The van der Waals surface area contributed by atoms with Crippen LogP contribution in [0.25, 0.3) is 0 Å². The molecule has 2 heterocycles. The van der Waals surface area contributed by atoms with Crippen LogP contribution < -0.4 is 14.8 Å². The molecule has 1 aliphatic heterocycles. The summed E-state index contributed by atoms with van der Waals surface area (Å²) in [6, 6.07) is 13.5. The first-order valence-corrected chi connectivity index (χ1v) is 11.8. The van der Waals surface area contributed by atoms with Gasteiger partial charge in [-0.05, 0) is 47.9 Å². The van der Waals surface area contributed by atoms with E-state index >= 15 is 0 Å². The lowest BCUT2D eigenvalue weighted by Crippen LogP contribution is -2.31. The third-order valence-corrected chi connectivity index (χ3v) is 6.55. The Morgan fingerprint density at radius 1 is 1.13 bits per heavy atom. The van der Waals surface area contributed by atoms with Gasteiger partial charge in [-0.25, -0.2) is 4.98 Å². The molecule has 1 atom stereocenters. The largest absolute Gasteiger partial charge is 0.486 e. The van der Waals surface area contributed by atoms with E-state index in [0.29, 0.717) is 18.8 Å². The molecule has 0 spiro atoms. The number of thioether (sulfide) groups is 1. The highest BCUT2D eigenvalue weighted by Gasteiger charge is 2.22.